The molecule has 1 aromatic heterocycles. The van der Waals surface area contributed by atoms with Crippen molar-refractivity contribution in [3.05, 3.63) is 48.8 Å². The van der Waals surface area contributed by atoms with Crippen LogP contribution in [0.5, 0.6) is 0 Å². The average Bonchev–Trinajstić information content (AvgIpc) is 2.69. The molecule has 0 saturated heterocycles. The molecule has 3 nitrogen and oxygen atoms in total. The Morgan fingerprint density at radius 1 is 1.47 bits per heavy atom. The zero-order valence-electron chi connectivity index (χ0n) is 8.29. The molecule has 76 valence electrons. The van der Waals surface area contributed by atoms with Crippen LogP contribution < -0.4 is 5.32 Å². The third-order valence-electron chi connectivity index (χ3n) is 2.24. The predicted molar refractivity (Wildman–Crippen MR) is 60.8 cm³/mol. The SMILES string of the molecule is C=CCNC(=O)c1[nH]cc2ccccc12. The zero-order chi connectivity index (χ0) is 10.7. The molecule has 15 heavy (non-hydrogen) atoms. The fourth-order valence-corrected chi connectivity index (χ4v) is 1.52. The second-order valence-electron chi connectivity index (χ2n) is 3.25. The molecular formula is C12H12N2O. The van der Waals surface area contributed by atoms with E-state index in [1.54, 1.807) is 6.08 Å². The monoisotopic (exact) mass is 200 g/mol. The molecule has 0 aliphatic heterocycles. The van der Waals surface area contributed by atoms with E-state index < -0.39 is 0 Å². The smallest absolute Gasteiger partial charge is 0.268 e. The van der Waals surface area contributed by atoms with Crippen LogP contribution in [-0.2, 0) is 0 Å². The van der Waals surface area contributed by atoms with E-state index in [1.807, 2.05) is 30.5 Å². The summed E-state index contributed by atoms with van der Waals surface area (Å²) < 4.78 is 0. The first-order chi connectivity index (χ1) is 7.33. The van der Waals surface area contributed by atoms with Crippen LogP contribution in [0.3, 0.4) is 0 Å². The Labute approximate surface area is 87.8 Å². The van der Waals surface area contributed by atoms with Gasteiger partial charge in [-0.3, -0.25) is 4.79 Å². The van der Waals surface area contributed by atoms with Gasteiger partial charge in [0.1, 0.15) is 5.69 Å². The van der Waals surface area contributed by atoms with Crippen molar-refractivity contribution in [2.24, 2.45) is 0 Å². The van der Waals surface area contributed by atoms with Gasteiger partial charge < -0.3 is 10.3 Å². The van der Waals surface area contributed by atoms with Crippen molar-refractivity contribution in [1.82, 2.24) is 10.3 Å². The van der Waals surface area contributed by atoms with Gasteiger partial charge in [0.15, 0.2) is 0 Å². The third-order valence-corrected chi connectivity index (χ3v) is 2.24. The number of carbonyl (C=O) groups excluding carboxylic acids is 1. The Balaban J connectivity index is 2.35. The van der Waals surface area contributed by atoms with Gasteiger partial charge in [0.25, 0.3) is 5.91 Å². The largest absolute Gasteiger partial charge is 0.356 e. The highest BCUT2D eigenvalue weighted by atomic mass is 16.1. The lowest BCUT2D eigenvalue weighted by Gasteiger charge is -2.00. The maximum atomic E-state index is 11.7. The molecule has 2 N–H and O–H groups in total. The highest BCUT2D eigenvalue weighted by Crippen LogP contribution is 2.17. The van der Waals surface area contributed by atoms with Gasteiger partial charge >= 0.3 is 0 Å². The number of hydrogen-bond acceptors (Lipinski definition) is 1. The van der Waals surface area contributed by atoms with Crippen molar-refractivity contribution >= 4 is 16.7 Å². The molecule has 0 radical (unpaired) electrons. The van der Waals surface area contributed by atoms with Crippen molar-refractivity contribution in [2.45, 2.75) is 0 Å². The Bertz CT molecular complexity index is 499. The Morgan fingerprint density at radius 3 is 3.07 bits per heavy atom. The zero-order valence-corrected chi connectivity index (χ0v) is 8.29. The molecule has 1 amide bonds. The summed E-state index contributed by atoms with van der Waals surface area (Å²) in [4.78, 5) is 14.7. The summed E-state index contributed by atoms with van der Waals surface area (Å²) in [5.41, 5.74) is 0.604. The lowest BCUT2D eigenvalue weighted by molar-refractivity contribution is 0.0955. The number of hydrogen-bond donors (Lipinski definition) is 2. The van der Waals surface area contributed by atoms with Gasteiger partial charge in [-0.05, 0) is 5.39 Å². The lowest BCUT2D eigenvalue weighted by Crippen LogP contribution is -2.23. The summed E-state index contributed by atoms with van der Waals surface area (Å²) in [5.74, 6) is -0.101. The molecule has 3 heteroatoms. The predicted octanol–water partition coefficient (Wildman–Crippen LogP) is 2.08. The normalized spacial score (nSPS) is 10.1. The Morgan fingerprint density at radius 2 is 2.27 bits per heavy atom. The number of benzene rings is 1. The summed E-state index contributed by atoms with van der Waals surface area (Å²) in [7, 11) is 0. The molecular weight excluding hydrogens is 188 g/mol. The topological polar surface area (TPSA) is 44.9 Å². The van der Waals surface area contributed by atoms with Crippen molar-refractivity contribution < 1.29 is 4.79 Å². The number of rotatable bonds is 3. The number of amides is 1. The number of nitrogens with one attached hydrogen (secondary N) is 2. The van der Waals surface area contributed by atoms with Crippen LogP contribution in [0, 0.1) is 0 Å². The van der Waals surface area contributed by atoms with E-state index in [9.17, 15) is 4.79 Å². The second kappa shape index (κ2) is 4.00. The molecule has 0 bridgehead atoms. The molecule has 0 aliphatic carbocycles. The van der Waals surface area contributed by atoms with E-state index in [0.717, 1.165) is 10.8 Å². The minimum Gasteiger partial charge on any atom is -0.356 e. The maximum absolute atomic E-state index is 11.7. The molecule has 0 unspecified atom stereocenters. The molecule has 0 spiro atoms. The fraction of sp³-hybridized carbons (Fsp3) is 0.0833. The first kappa shape index (κ1) is 9.52. The van der Waals surface area contributed by atoms with Gasteiger partial charge in [-0.25, -0.2) is 0 Å². The first-order valence-corrected chi connectivity index (χ1v) is 4.78. The molecule has 1 heterocycles. The van der Waals surface area contributed by atoms with E-state index >= 15 is 0 Å². The number of carbonyl (C=O) groups is 1. The van der Waals surface area contributed by atoms with E-state index in [4.69, 9.17) is 0 Å². The summed E-state index contributed by atoms with van der Waals surface area (Å²) in [6.07, 6.45) is 3.49. The van der Waals surface area contributed by atoms with Gasteiger partial charge in [-0.1, -0.05) is 30.3 Å². The Hall–Kier alpha value is -2.03. The van der Waals surface area contributed by atoms with Crippen LogP contribution in [-0.4, -0.2) is 17.4 Å². The van der Waals surface area contributed by atoms with Gasteiger partial charge in [0, 0.05) is 18.1 Å². The van der Waals surface area contributed by atoms with Crippen molar-refractivity contribution in [1.29, 1.82) is 0 Å². The summed E-state index contributed by atoms with van der Waals surface area (Å²) in [5, 5.41) is 4.73. The van der Waals surface area contributed by atoms with Crippen molar-refractivity contribution in [3.63, 3.8) is 0 Å². The van der Waals surface area contributed by atoms with Crippen LogP contribution >= 0.6 is 0 Å². The van der Waals surface area contributed by atoms with Gasteiger partial charge in [0.2, 0.25) is 0 Å². The number of aromatic amines is 1. The van der Waals surface area contributed by atoms with Crippen molar-refractivity contribution in [2.75, 3.05) is 6.54 Å². The molecule has 2 rings (SSSR count). The standard InChI is InChI=1S/C12H12N2O/c1-2-7-13-12(15)11-10-6-4-3-5-9(10)8-14-11/h2-6,8,14H,1,7H2,(H,13,15). The second-order valence-corrected chi connectivity index (χ2v) is 3.25. The lowest BCUT2D eigenvalue weighted by atomic mass is 10.2. The number of fused-ring (bicyclic) bond motifs is 1. The van der Waals surface area contributed by atoms with E-state index in [1.165, 1.54) is 0 Å². The van der Waals surface area contributed by atoms with Crippen LogP contribution in [0.25, 0.3) is 10.8 Å². The third kappa shape index (κ3) is 1.76. The first-order valence-electron chi connectivity index (χ1n) is 4.78. The van der Waals surface area contributed by atoms with E-state index in [0.29, 0.717) is 12.2 Å². The highest BCUT2D eigenvalue weighted by molar-refractivity contribution is 6.05. The van der Waals surface area contributed by atoms with Gasteiger partial charge in [-0.15, -0.1) is 6.58 Å². The Kier molecular flexibility index (Phi) is 2.54. The fourth-order valence-electron chi connectivity index (χ4n) is 1.52. The highest BCUT2D eigenvalue weighted by Gasteiger charge is 2.09. The molecule has 0 fully saturated rings. The number of aromatic nitrogens is 1. The molecule has 1 aromatic carbocycles. The minimum absolute atomic E-state index is 0.101. The van der Waals surface area contributed by atoms with E-state index in [2.05, 4.69) is 16.9 Å². The summed E-state index contributed by atoms with van der Waals surface area (Å²) >= 11 is 0. The molecule has 0 atom stereocenters. The quantitative estimate of drug-likeness (QED) is 0.732. The van der Waals surface area contributed by atoms with Crippen molar-refractivity contribution in [3.8, 4) is 0 Å². The molecule has 2 aromatic rings. The van der Waals surface area contributed by atoms with Crippen LogP contribution in [0.2, 0.25) is 0 Å². The van der Waals surface area contributed by atoms with Gasteiger partial charge in [-0.2, -0.15) is 0 Å². The minimum atomic E-state index is -0.101. The summed E-state index contributed by atoms with van der Waals surface area (Å²) in [6, 6.07) is 7.76. The molecule has 0 aliphatic rings. The average molecular weight is 200 g/mol. The van der Waals surface area contributed by atoms with Gasteiger partial charge in [0.05, 0.1) is 0 Å². The summed E-state index contributed by atoms with van der Waals surface area (Å²) in [6.45, 7) is 4.03. The van der Waals surface area contributed by atoms with E-state index in [-0.39, 0.29) is 5.91 Å². The van der Waals surface area contributed by atoms with Crippen LogP contribution in [0.1, 0.15) is 10.5 Å². The number of H-pyrrole nitrogens is 1. The maximum Gasteiger partial charge on any atom is 0.268 e. The molecule has 0 saturated carbocycles. The van der Waals surface area contributed by atoms with Crippen LogP contribution in [0.4, 0.5) is 0 Å². The van der Waals surface area contributed by atoms with Crippen LogP contribution in [0.15, 0.2) is 43.1 Å².